The number of hydrogen-bond donors (Lipinski definition) is 2. The number of anilines is 4. The Morgan fingerprint density at radius 1 is 1.05 bits per heavy atom. The van der Waals surface area contributed by atoms with E-state index in [0.29, 0.717) is 35.4 Å². The van der Waals surface area contributed by atoms with Gasteiger partial charge in [0.25, 0.3) is 5.91 Å². The van der Waals surface area contributed by atoms with Crippen molar-refractivity contribution in [1.29, 1.82) is 0 Å². The molecule has 2 aromatic rings. The Bertz CT molecular complexity index is 1160. The number of ether oxygens (including phenoxy) is 1. The van der Waals surface area contributed by atoms with Gasteiger partial charge in [0.1, 0.15) is 11.4 Å². The third-order valence-electron chi connectivity index (χ3n) is 8.08. The van der Waals surface area contributed by atoms with Gasteiger partial charge < -0.3 is 30.1 Å². The summed E-state index contributed by atoms with van der Waals surface area (Å²) in [5.41, 5.74) is 1.96. The molecule has 2 fully saturated rings. The van der Waals surface area contributed by atoms with Crippen LogP contribution in [0.1, 0.15) is 61.7 Å². The lowest BCUT2D eigenvalue weighted by molar-refractivity contribution is -0.118. The summed E-state index contributed by atoms with van der Waals surface area (Å²) in [4.78, 5) is 41.3. The fraction of sp³-hybridized carbons (Fsp3) is 0.571. The van der Waals surface area contributed by atoms with Gasteiger partial charge in [0.15, 0.2) is 5.82 Å². The zero-order chi connectivity index (χ0) is 26.6. The van der Waals surface area contributed by atoms with Crippen molar-refractivity contribution in [2.24, 2.45) is 0 Å². The van der Waals surface area contributed by atoms with Gasteiger partial charge in [-0.1, -0.05) is 12.8 Å². The SMILES string of the molecule is COc1cc(C(=O)NC2CCN(C)CC2)ccc1Nc1ncc2c(n1)N(C1CCCC1)CCCC(=O)N2C. The second kappa shape index (κ2) is 11.6. The number of rotatable bonds is 6. The van der Waals surface area contributed by atoms with Crippen LogP contribution in [0.5, 0.6) is 5.75 Å². The second-order valence-electron chi connectivity index (χ2n) is 10.7. The predicted molar refractivity (Wildman–Crippen MR) is 149 cm³/mol. The van der Waals surface area contributed by atoms with E-state index in [2.05, 4.69) is 32.5 Å². The van der Waals surface area contributed by atoms with Gasteiger partial charge in [0.05, 0.1) is 19.0 Å². The van der Waals surface area contributed by atoms with Crippen LogP contribution in [-0.2, 0) is 4.79 Å². The molecule has 3 heterocycles. The Balaban J connectivity index is 1.37. The number of benzene rings is 1. The number of methoxy groups -OCH3 is 1. The number of carbonyl (C=O) groups is 2. The summed E-state index contributed by atoms with van der Waals surface area (Å²) in [5, 5.41) is 6.44. The van der Waals surface area contributed by atoms with Gasteiger partial charge in [-0.05, 0) is 70.4 Å². The van der Waals surface area contributed by atoms with E-state index >= 15 is 0 Å². The molecule has 0 unspecified atom stereocenters. The summed E-state index contributed by atoms with van der Waals surface area (Å²) in [6, 6.07) is 5.98. The van der Waals surface area contributed by atoms with Crippen molar-refractivity contribution in [2.45, 2.75) is 63.5 Å². The number of hydrogen-bond acceptors (Lipinski definition) is 8. The quantitative estimate of drug-likeness (QED) is 0.595. The van der Waals surface area contributed by atoms with Gasteiger partial charge in [-0.25, -0.2) is 4.98 Å². The number of likely N-dealkylation sites (tertiary alicyclic amines) is 1. The van der Waals surface area contributed by atoms with Crippen LogP contribution in [0.3, 0.4) is 0 Å². The van der Waals surface area contributed by atoms with Gasteiger partial charge in [-0.2, -0.15) is 4.98 Å². The van der Waals surface area contributed by atoms with Crippen molar-refractivity contribution < 1.29 is 14.3 Å². The largest absolute Gasteiger partial charge is 0.495 e. The highest BCUT2D eigenvalue weighted by Gasteiger charge is 2.30. The molecule has 10 heteroatoms. The highest BCUT2D eigenvalue weighted by molar-refractivity contribution is 5.97. The first-order chi connectivity index (χ1) is 18.4. The van der Waals surface area contributed by atoms with E-state index in [0.717, 1.165) is 63.2 Å². The molecule has 5 rings (SSSR count). The van der Waals surface area contributed by atoms with E-state index in [1.807, 2.05) is 6.07 Å². The number of amides is 2. The van der Waals surface area contributed by atoms with Gasteiger partial charge in [-0.15, -0.1) is 0 Å². The Labute approximate surface area is 224 Å². The number of piperidine rings is 1. The number of aromatic nitrogens is 2. The van der Waals surface area contributed by atoms with Crippen LogP contribution >= 0.6 is 0 Å². The Kier molecular flexibility index (Phi) is 7.97. The first-order valence-electron chi connectivity index (χ1n) is 13.8. The fourth-order valence-corrected chi connectivity index (χ4v) is 5.73. The summed E-state index contributed by atoms with van der Waals surface area (Å²) in [6.07, 6.45) is 9.67. The topological polar surface area (TPSA) is 103 Å². The Morgan fingerprint density at radius 2 is 1.82 bits per heavy atom. The maximum atomic E-state index is 12.9. The first-order valence-corrected chi connectivity index (χ1v) is 13.8. The molecule has 1 saturated heterocycles. The summed E-state index contributed by atoms with van der Waals surface area (Å²) in [6.45, 7) is 2.78. The van der Waals surface area contributed by atoms with E-state index in [1.165, 1.54) is 12.8 Å². The third kappa shape index (κ3) is 5.70. The molecule has 38 heavy (non-hydrogen) atoms. The van der Waals surface area contributed by atoms with Gasteiger partial charge in [-0.3, -0.25) is 9.59 Å². The number of nitrogens with one attached hydrogen (secondary N) is 2. The third-order valence-corrected chi connectivity index (χ3v) is 8.08. The highest BCUT2D eigenvalue weighted by atomic mass is 16.5. The average Bonchev–Trinajstić information content (AvgIpc) is 3.46. The Hall–Kier alpha value is -3.40. The molecule has 1 aromatic heterocycles. The molecule has 1 saturated carbocycles. The van der Waals surface area contributed by atoms with Crippen LogP contribution in [0.4, 0.5) is 23.1 Å². The van der Waals surface area contributed by atoms with Crippen molar-refractivity contribution >= 4 is 35.0 Å². The number of fused-ring (bicyclic) bond motifs is 1. The van der Waals surface area contributed by atoms with E-state index in [9.17, 15) is 9.59 Å². The summed E-state index contributed by atoms with van der Waals surface area (Å²) < 4.78 is 5.63. The van der Waals surface area contributed by atoms with Crippen molar-refractivity contribution in [3.63, 3.8) is 0 Å². The monoisotopic (exact) mass is 521 g/mol. The lowest BCUT2D eigenvalue weighted by Gasteiger charge is -2.35. The molecule has 10 nitrogen and oxygen atoms in total. The molecule has 3 aliphatic rings. The lowest BCUT2D eigenvalue weighted by Crippen LogP contribution is -2.43. The van der Waals surface area contributed by atoms with E-state index in [4.69, 9.17) is 9.72 Å². The second-order valence-corrected chi connectivity index (χ2v) is 10.7. The first kappa shape index (κ1) is 26.2. The molecular weight excluding hydrogens is 482 g/mol. The maximum Gasteiger partial charge on any atom is 0.251 e. The maximum absolute atomic E-state index is 12.9. The lowest BCUT2D eigenvalue weighted by atomic mass is 10.0. The molecule has 1 aromatic carbocycles. The van der Waals surface area contributed by atoms with Crippen LogP contribution < -0.4 is 25.2 Å². The molecular formula is C28H39N7O3. The molecule has 0 spiro atoms. The smallest absolute Gasteiger partial charge is 0.251 e. The van der Waals surface area contributed by atoms with Crippen molar-refractivity contribution in [2.75, 3.05) is 56.0 Å². The molecule has 2 N–H and O–H groups in total. The van der Waals surface area contributed by atoms with E-state index < -0.39 is 0 Å². The van der Waals surface area contributed by atoms with Crippen LogP contribution in [-0.4, -0.2) is 79.6 Å². The molecule has 2 aliphatic heterocycles. The number of nitrogens with zero attached hydrogens (tertiary/aromatic N) is 5. The van der Waals surface area contributed by atoms with Gasteiger partial charge >= 0.3 is 0 Å². The zero-order valence-corrected chi connectivity index (χ0v) is 22.7. The molecule has 2 amide bonds. The predicted octanol–water partition coefficient (Wildman–Crippen LogP) is 3.56. The van der Waals surface area contributed by atoms with Crippen molar-refractivity contribution in [3.05, 3.63) is 30.0 Å². The average molecular weight is 522 g/mol. The summed E-state index contributed by atoms with van der Waals surface area (Å²) >= 11 is 0. The Morgan fingerprint density at radius 3 is 2.55 bits per heavy atom. The molecule has 0 atom stereocenters. The fourth-order valence-electron chi connectivity index (χ4n) is 5.73. The standard InChI is InChI=1S/C28H39N7O3/c1-33-15-12-20(13-16-33)30-27(37)19-10-11-22(24(17-19)38-3)31-28-29-18-23-26(32-28)35(21-7-4-5-8-21)14-6-9-25(36)34(23)2/h10-11,17-18,20-21H,4-9,12-16H2,1-3H3,(H,30,37)(H,29,31,32). The zero-order valence-electron chi connectivity index (χ0n) is 22.7. The van der Waals surface area contributed by atoms with Gasteiger partial charge in [0.2, 0.25) is 11.9 Å². The normalized spacial score (nSPS) is 19.6. The molecule has 0 bridgehead atoms. The van der Waals surface area contributed by atoms with Crippen LogP contribution in [0.15, 0.2) is 24.4 Å². The minimum Gasteiger partial charge on any atom is -0.495 e. The van der Waals surface area contributed by atoms with Crippen molar-refractivity contribution in [1.82, 2.24) is 20.2 Å². The molecule has 0 radical (unpaired) electrons. The van der Waals surface area contributed by atoms with E-state index in [1.54, 1.807) is 37.4 Å². The van der Waals surface area contributed by atoms with Crippen LogP contribution in [0, 0.1) is 0 Å². The van der Waals surface area contributed by atoms with Crippen LogP contribution in [0.25, 0.3) is 0 Å². The van der Waals surface area contributed by atoms with Gasteiger partial charge in [0, 0.05) is 37.7 Å². The van der Waals surface area contributed by atoms with Crippen LogP contribution in [0.2, 0.25) is 0 Å². The summed E-state index contributed by atoms with van der Waals surface area (Å²) in [5.74, 6) is 1.74. The molecule has 1 aliphatic carbocycles. The minimum absolute atomic E-state index is 0.0809. The highest BCUT2D eigenvalue weighted by Crippen LogP contribution is 2.36. The molecule has 204 valence electrons. The summed E-state index contributed by atoms with van der Waals surface area (Å²) in [7, 11) is 5.49. The van der Waals surface area contributed by atoms with E-state index in [-0.39, 0.29) is 17.9 Å². The minimum atomic E-state index is -0.0957. The van der Waals surface area contributed by atoms with Crippen molar-refractivity contribution in [3.8, 4) is 5.75 Å². The number of carbonyl (C=O) groups excluding carboxylic acids is 2.